The maximum atomic E-state index is 11.7. The van der Waals surface area contributed by atoms with Gasteiger partial charge in [0.05, 0.1) is 7.11 Å². The number of methoxy groups -OCH3 is 1. The van der Waals surface area contributed by atoms with Crippen molar-refractivity contribution in [3.05, 3.63) is 59.4 Å². The molecule has 0 unspecified atom stereocenters. The molecule has 1 heterocycles. The molecular weight excluding hydrogens is 302 g/mol. The zero-order valence-electron chi connectivity index (χ0n) is 15.1. The van der Waals surface area contributed by atoms with Crippen molar-refractivity contribution >= 4 is 5.97 Å². The summed E-state index contributed by atoms with van der Waals surface area (Å²) in [6, 6.07) is 14.8. The molecule has 0 aliphatic rings. The van der Waals surface area contributed by atoms with Crippen LogP contribution in [0.15, 0.2) is 42.5 Å². The molecule has 24 heavy (non-hydrogen) atoms. The Labute approximate surface area is 144 Å². The largest absolute Gasteiger partial charge is 0.464 e. The molecule has 0 aliphatic carbocycles. The van der Waals surface area contributed by atoms with Crippen LogP contribution in [-0.2, 0) is 18.3 Å². The first-order valence-corrected chi connectivity index (χ1v) is 8.13. The number of ether oxygens (including phenoxy) is 1. The quantitative estimate of drug-likeness (QED) is 0.793. The van der Waals surface area contributed by atoms with Gasteiger partial charge in [0.15, 0.2) is 0 Å². The fraction of sp³-hybridized carbons (Fsp3) is 0.421. The van der Waals surface area contributed by atoms with Gasteiger partial charge in [-0.3, -0.25) is 0 Å². The van der Waals surface area contributed by atoms with Crippen LogP contribution in [0.5, 0.6) is 0 Å². The van der Waals surface area contributed by atoms with E-state index in [0.717, 1.165) is 5.69 Å². The van der Waals surface area contributed by atoms with Gasteiger partial charge >= 0.3 is 5.97 Å². The van der Waals surface area contributed by atoms with E-state index in [4.69, 9.17) is 4.74 Å². The third-order valence-corrected chi connectivity index (χ3v) is 4.40. The minimum Gasteiger partial charge on any atom is -0.464 e. The SMILES string of the molecule is COC(=O)c1ccc(CN[C@H](C)[C@H](c2ccccc2)N(C)C)n1C. The molecule has 1 aromatic heterocycles. The van der Waals surface area contributed by atoms with Crippen molar-refractivity contribution in [3.63, 3.8) is 0 Å². The van der Waals surface area contributed by atoms with E-state index in [1.54, 1.807) is 6.07 Å². The Morgan fingerprint density at radius 1 is 1.21 bits per heavy atom. The van der Waals surface area contributed by atoms with Gasteiger partial charge < -0.3 is 19.5 Å². The highest BCUT2D eigenvalue weighted by Gasteiger charge is 2.21. The highest BCUT2D eigenvalue weighted by Crippen LogP contribution is 2.22. The normalized spacial score (nSPS) is 13.8. The second kappa shape index (κ2) is 8.13. The molecule has 0 saturated heterocycles. The van der Waals surface area contributed by atoms with Gasteiger partial charge in [-0.15, -0.1) is 0 Å². The number of benzene rings is 1. The fourth-order valence-corrected chi connectivity index (χ4v) is 3.10. The number of aromatic nitrogens is 1. The van der Waals surface area contributed by atoms with Gasteiger partial charge in [-0.2, -0.15) is 0 Å². The molecular formula is C19H27N3O2. The van der Waals surface area contributed by atoms with Gasteiger partial charge in [-0.05, 0) is 38.7 Å². The number of rotatable bonds is 7. The Bertz CT molecular complexity index is 665. The van der Waals surface area contributed by atoms with Crippen LogP contribution in [0, 0.1) is 0 Å². The molecule has 0 spiro atoms. The van der Waals surface area contributed by atoms with Crippen LogP contribution in [0.3, 0.4) is 0 Å². The first-order valence-electron chi connectivity index (χ1n) is 8.13. The van der Waals surface area contributed by atoms with Crippen LogP contribution in [0.2, 0.25) is 0 Å². The zero-order chi connectivity index (χ0) is 17.7. The minimum absolute atomic E-state index is 0.249. The molecule has 5 nitrogen and oxygen atoms in total. The van der Waals surface area contributed by atoms with Gasteiger partial charge in [0.25, 0.3) is 0 Å². The van der Waals surface area contributed by atoms with E-state index in [2.05, 4.69) is 55.5 Å². The van der Waals surface area contributed by atoms with E-state index in [9.17, 15) is 4.79 Å². The number of nitrogens with one attached hydrogen (secondary N) is 1. The Morgan fingerprint density at radius 3 is 2.46 bits per heavy atom. The number of carbonyl (C=O) groups excluding carboxylic acids is 1. The molecule has 0 amide bonds. The number of esters is 1. The number of hydrogen-bond donors (Lipinski definition) is 1. The van der Waals surface area contributed by atoms with Crippen LogP contribution in [0.4, 0.5) is 0 Å². The Hall–Kier alpha value is -2.11. The molecule has 0 aliphatic heterocycles. The van der Waals surface area contributed by atoms with Crippen LogP contribution in [0.25, 0.3) is 0 Å². The molecule has 2 rings (SSSR count). The molecule has 2 atom stereocenters. The summed E-state index contributed by atoms with van der Waals surface area (Å²) in [5.41, 5.74) is 2.90. The Kier molecular flexibility index (Phi) is 6.17. The molecule has 1 N–H and O–H groups in total. The first kappa shape index (κ1) is 18.2. The maximum absolute atomic E-state index is 11.7. The summed E-state index contributed by atoms with van der Waals surface area (Å²) < 4.78 is 6.67. The predicted octanol–water partition coefficient (Wildman–Crippen LogP) is 2.59. The average molecular weight is 329 g/mol. The van der Waals surface area contributed by atoms with Crippen LogP contribution >= 0.6 is 0 Å². The summed E-state index contributed by atoms with van der Waals surface area (Å²) in [5.74, 6) is -0.313. The number of likely N-dealkylation sites (N-methyl/N-ethyl adjacent to an activating group) is 1. The van der Waals surface area contributed by atoms with Gasteiger partial charge in [0, 0.05) is 31.4 Å². The van der Waals surface area contributed by atoms with E-state index in [-0.39, 0.29) is 18.1 Å². The second-order valence-electron chi connectivity index (χ2n) is 6.25. The van der Waals surface area contributed by atoms with Crippen molar-refractivity contribution in [1.29, 1.82) is 0 Å². The lowest BCUT2D eigenvalue weighted by molar-refractivity contribution is 0.0589. The van der Waals surface area contributed by atoms with Gasteiger partial charge in [-0.1, -0.05) is 30.3 Å². The third-order valence-electron chi connectivity index (χ3n) is 4.40. The number of nitrogens with zero attached hydrogens (tertiary/aromatic N) is 2. The third kappa shape index (κ3) is 4.04. The maximum Gasteiger partial charge on any atom is 0.354 e. The number of carbonyl (C=O) groups is 1. The van der Waals surface area contributed by atoms with E-state index in [1.807, 2.05) is 23.7 Å². The van der Waals surface area contributed by atoms with Crippen molar-refractivity contribution in [3.8, 4) is 0 Å². The van der Waals surface area contributed by atoms with Crippen molar-refractivity contribution in [2.45, 2.75) is 25.6 Å². The fourth-order valence-electron chi connectivity index (χ4n) is 3.10. The molecule has 5 heteroatoms. The molecule has 0 fully saturated rings. The van der Waals surface area contributed by atoms with Crippen molar-refractivity contribution in [2.75, 3.05) is 21.2 Å². The van der Waals surface area contributed by atoms with Gasteiger partial charge in [0.1, 0.15) is 5.69 Å². The van der Waals surface area contributed by atoms with Crippen LogP contribution in [-0.4, -0.2) is 42.7 Å². The summed E-state index contributed by atoms with van der Waals surface area (Å²) in [5, 5.41) is 3.58. The monoisotopic (exact) mass is 329 g/mol. The average Bonchev–Trinajstić information content (AvgIpc) is 2.94. The van der Waals surface area contributed by atoms with E-state index < -0.39 is 0 Å². The van der Waals surface area contributed by atoms with Crippen LogP contribution in [0.1, 0.15) is 34.7 Å². The van der Waals surface area contributed by atoms with Crippen molar-refractivity contribution < 1.29 is 9.53 Å². The molecule has 2 aromatic rings. The molecule has 0 radical (unpaired) electrons. The Balaban J connectivity index is 2.08. The van der Waals surface area contributed by atoms with Crippen molar-refractivity contribution in [2.24, 2.45) is 7.05 Å². The summed E-state index contributed by atoms with van der Waals surface area (Å²) in [6.07, 6.45) is 0. The predicted molar refractivity (Wildman–Crippen MR) is 95.9 cm³/mol. The highest BCUT2D eigenvalue weighted by atomic mass is 16.5. The summed E-state index contributed by atoms with van der Waals surface area (Å²) in [7, 11) is 7.47. The minimum atomic E-state index is -0.313. The lowest BCUT2D eigenvalue weighted by atomic mass is 9.99. The topological polar surface area (TPSA) is 46.5 Å². The summed E-state index contributed by atoms with van der Waals surface area (Å²) in [6.45, 7) is 2.87. The van der Waals surface area contributed by atoms with Gasteiger partial charge in [0.2, 0.25) is 0 Å². The molecule has 0 bridgehead atoms. The van der Waals surface area contributed by atoms with Crippen LogP contribution < -0.4 is 5.32 Å². The first-order chi connectivity index (χ1) is 11.5. The van der Waals surface area contributed by atoms with E-state index in [1.165, 1.54) is 12.7 Å². The number of hydrogen-bond acceptors (Lipinski definition) is 4. The van der Waals surface area contributed by atoms with E-state index in [0.29, 0.717) is 12.2 Å². The van der Waals surface area contributed by atoms with Gasteiger partial charge in [-0.25, -0.2) is 4.79 Å². The lowest BCUT2D eigenvalue weighted by Gasteiger charge is -2.31. The Morgan fingerprint density at radius 2 is 1.88 bits per heavy atom. The smallest absolute Gasteiger partial charge is 0.354 e. The standard InChI is InChI=1S/C19H27N3O2/c1-14(18(21(2)3)15-9-7-6-8-10-15)20-13-16-11-12-17(22(16)4)19(23)24-5/h6-12,14,18,20H,13H2,1-5H3/t14-,18-/m1/s1. The van der Waals surface area contributed by atoms with E-state index >= 15 is 0 Å². The highest BCUT2D eigenvalue weighted by molar-refractivity contribution is 5.87. The second-order valence-corrected chi connectivity index (χ2v) is 6.25. The van der Waals surface area contributed by atoms with Crippen molar-refractivity contribution in [1.82, 2.24) is 14.8 Å². The summed E-state index contributed by atoms with van der Waals surface area (Å²) in [4.78, 5) is 13.9. The molecule has 130 valence electrons. The molecule has 0 saturated carbocycles. The summed E-state index contributed by atoms with van der Waals surface area (Å²) >= 11 is 0. The molecule has 1 aromatic carbocycles. The zero-order valence-corrected chi connectivity index (χ0v) is 15.1. The lowest BCUT2D eigenvalue weighted by Crippen LogP contribution is -2.39.